The highest BCUT2D eigenvalue weighted by Gasteiger charge is 2.22. The van der Waals surface area contributed by atoms with Gasteiger partial charge in [-0.05, 0) is 42.7 Å². The molecule has 7 heteroatoms. The van der Waals surface area contributed by atoms with E-state index in [1.165, 1.54) is 18.2 Å². The lowest BCUT2D eigenvalue weighted by Gasteiger charge is -2.13. The molecule has 1 aromatic carbocycles. The molecule has 0 saturated heterocycles. The Morgan fingerprint density at radius 3 is 2.55 bits per heavy atom. The zero-order valence-corrected chi connectivity index (χ0v) is 16.9. The first-order valence-electron chi connectivity index (χ1n) is 9.83. The lowest BCUT2D eigenvalue weighted by atomic mass is 10.2. The Kier molecular flexibility index (Phi) is 5.87. The average Bonchev–Trinajstić information content (AvgIpc) is 3.42. The number of nitrogens with zero attached hydrogens (tertiary/aromatic N) is 3. The first kappa shape index (κ1) is 19.5. The molecule has 0 spiro atoms. The second-order valence-corrected chi connectivity index (χ2v) is 8.85. The van der Waals surface area contributed by atoms with Gasteiger partial charge in [-0.25, -0.2) is 13.1 Å². The Morgan fingerprint density at radius 2 is 1.83 bits per heavy atom. The highest BCUT2D eigenvalue weighted by molar-refractivity contribution is 7.92. The molecular formula is C22H24N4O2S. The van der Waals surface area contributed by atoms with Crippen LogP contribution in [0.1, 0.15) is 43.0 Å². The van der Waals surface area contributed by atoms with Gasteiger partial charge in [0.05, 0.1) is 29.7 Å². The van der Waals surface area contributed by atoms with Crippen LogP contribution in [-0.2, 0) is 16.6 Å². The first-order valence-corrected chi connectivity index (χ1v) is 11.4. The van der Waals surface area contributed by atoms with Crippen molar-refractivity contribution in [2.24, 2.45) is 0 Å². The van der Waals surface area contributed by atoms with Gasteiger partial charge in [-0.2, -0.15) is 5.10 Å². The number of pyridine rings is 1. The van der Waals surface area contributed by atoms with Crippen LogP contribution in [0.3, 0.4) is 0 Å². The van der Waals surface area contributed by atoms with Crippen LogP contribution in [0, 0.1) is 0 Å². The minimum absolute atomic E-state index is 0.140. The normalized spacial score (nSPS) is 15.3. The fourth-order valence-corrected chi connectivity index (χ4v) is 4.40. The van der Waals surface area contributed by atoms with Gasteiger partial charge in [0.15, 0.2) is 0 Å². The third-order valence-corrected chi connectivity index (χ3v) is 6.12. The van der Waals surface area contributed by atoms with Gasteiger partial charge in [0.25, 0.3) is 0 Å². The molecule has 1 aliphatic carbocycles. The van der Waals surface area contributed by atoms with E-state index in [1.807, 2.05) is 59.3 Å². The summed E-state index contributed by atoms with van der Waals surface area (Å²) in [5.74, 6) is 0. The van der Waals surface area contributed by atoms with Crippen molar-refractivity contribution in [1.29, 1.82) is 0 Å². The van der Waals surface area contributed by atoms with Gasteiger partial charge in [0.2, 0.25) is 10.0 Å². The van der Waals surface area contributed by atoms with Crippen LogP contribution >= 0.6 is 0 Å². The van der Waals surface area contributed by atoms with Crippen LogP contribution in [0.4, 0.5) is 0 Å². The number of hydrogen-bond donors (Lipinski definition) is 1. The molecule has 0 radical (unpaired) electrons. The average molecular weight is 409 g/mol. The van der Waals surface area contributed by atoms with Crippen molar-refractivity contribution in [2.75, 3.05) is 0 Å². The van der Waals surface area contributed by atoms with E-state index in [9.17, 15) is 8.42 Å². The molecule has 1 fully saturated rings. The maximum Gasteiger partial charge on any atom is 0.234 e. The van der Waals surface area contributed by atoms with E-state index in [4.69, 9.17) is 5.10 Å². The fourth-order valence-electron chi connectivity index (χ4n) is 3.62. The Labute approximate surface area is 171 Å². The minimum Gasteiger partial charge on any atom is -0.260 e. The zero-order valence-electron chi connectivity index (χ0n) is 16.1. The van der Waals surface area contributed by atoms with Gasteiger partial charge in [0.1, 0.15) is 0 Å². The van der Waals surface area contributed by atoms with Crippen LogP contribution in [0.5, 0.6) is 0 Å². The van der Waals surface area contributed by atoms with Gasteiger partial charge in [-0.1, -0.05) is 49.2 Å². The SMILES string of the molecule is O=S(=O)(/C=C/c1ccccc1)NCc1cc(-c2ccccn2)n(C2CCCC2)n1. The Balaban J connectivity index is 1.52. The van der Waals surface area contributed by atoms with Crippen LogP contribution in [0.25, 0.3) is 17.5 Å². The molecule has 2 heterocycles. The van der Waals surface area contributed by atoms with Crippen LogP contribution in [0.15, 0.2) is 66.2 Å². The largest absolute Gasteiger partial charge is 0.260 e. The predicted octanol–water partition coefficient (Wildman–Crippen LogP) is 4.15. The summed E-state index contributed by atoms with van der Waals surface area (Å²) >= 11 is 0. The van der Waals surface area contributed by atoms with E-state index in [2.05, 4.69) is 9.71 Å². The summed E-state index contributed by atoms with van der Waals surface area (Å²) in [4.78, 5) is 4.46. The minimum atomic E-state index is -3.56. The van der Waals surface area contributed by atoms with E-state index >= 15 is 0 Å². The van der Waals surface area contributed by atoms with Crippen LogP contribution in [-0.4, -0.2) is 23.2 Å². The summed E-state index contributed by atoms with van der Waals surface area (Å²) in [5, 5.41) is 5.91. The summed E-state index contributed by atoms with van der Waals surface area (Å²) in [5.41, 5.74) is 3.31. The number of benzene rings is 1. The van der Waals surface area contributed by atoms with Gasteiger partial charge >= 0.3 is 0 Å². The second kappa shape index (κ2) is 8.71. The van der Waals surface area contributed by atoms with E-state index in [1.54, 1.807) is 12.3 Å². The molecule has 29 heavy (non-hydrogen) atoms. The smallest absolute Gasteiger partial charge is 0.234 e. The predicted molar refractivity (Wildman–Crippen MR) is 114 cm³/mol. The molecule has 0 unspecified atom stereocenters. The molecular weight excluding hydrogens is 384 g/mol. The van der Waals surface area contributed by atoms with Crippen LogP contribution < -0.4 is 4.72 Å². The number of hydrogen-bond acceptors (Lipinski definition) is 4. The lowest BCUT2D eigenvalue weighted by Crippen LogP contribution is -2.21. The monoisotopic (exact) mass is 408 g/mol. The van der Waals surface area contributed by atoms with Crippen molar-refractivity contribution in [3.8, 4) is 11.4 Å². The number of rotatable bonds is 7. The number of nitrogens with one attached hydrogen (secondary N) is 1. The fraction of sp³-hybridized carbons (Fsp3) is 0.273. The van der Waals surface area contributed by atoms with Gasteiger partial charge in [-0.15, -0.1) is 0 Å². The van der Waals surface area contributed by atoms with E-state index in [-0.39, 0.29) is 6.54 Å². The Morgan fingerprint density at radius 1 is 1.07 bits per heavy atom. The number of aromatic nitrogens is 3. The van der Waals surface area contributed by atoms with E-state index in [0.29, 0.717) is 11.7 Å². The molecule has 0 bridgehead atoms. The maximum absolute atomic E-state index is 12.4. The summed E-state index contributed by atoms with van der Waals surface area (Å²) in [6.07, 6.45) is 7.91. The number of sulfonamides is 1. The van der Waals surface area contributed by atoms with Crippen molar-refractivity contribution in [3.63, 3.8) is 0 Å². The molecule has 0 aliphatic heterocycles. The molecule has 0 atom stereocenters. The second-order valence-electron chi connectivity index (χ2n) is 7.20. The topological polar surface area (TPSA) is 76.9 Å². The van der Waals surface area contributed by atoms with E-state index in [0.717, 1.165) is 29.8 Å². The van der Waals surface area contributed by atoms with Crippen molar-refractivity contribution in [2.45, 2.75) is 38.3 Å². The molecule has 2 aromatic heterocycles. The summed E-state index contributed by atoms with van der Waals surface area (Å²) in [6.45, 7) is 0.140. The van der Waals surface area contributed by atoms with Crippen molar-refractivity contribution in [3.05, 3.63) is 77.5 Å². The lowest BCUT2D eigenvalue weighted by molar-refractivity contribution is 0.466. The zero-order chi connectivity index (χ0) is 20.1. The molecule has 1 N–H and O–H groups in total. The van der Waals surface area contributed by atoms with Gasteiger partial charge in [0, 0.05) is 11.6 Å². The molecule has 0 amide bonds. The molecule has 6 nitrogen and oxygen atoms in total. The molecule has 150 valence electrons. The Bertz CT molecular complexity index is 1070. The maximum atomic E-state index is 12.4. The molecule has 3 aromatic rings. The van der Waals surface area contributed by atoms with Gasteiger partial charge < -0.3 is 0 Å². The highest BCUT2D eigenvalue weighted by atomic mass is 32.2. The highest BCUT2D eigenvalue weighted by Crippen LogP contribution is 2.33. The van der Waals surface area contributed by atoms with Crippen LogP contribution in [0.2, 0.25) is 0 Å². The summed E-state index contributed by atoms with van der Waals surface area (Å²) in [6, 6.07) is 17.4. The van der Waals surface area contributed by atoms with Gasteiger partial charge in [-0.3, -0.25) is 9.67 Å². The summed E-state index contributed by atoms with van der Waals surface area (Å²) in [7, 11) is -3.56. The third kappa shape index (κ3) is 4.99. The quantitative estimate of drug-likeness (QED) is 0.637. The molecule has 4 rings (SSSR count). The molecule has 1 saturated carbocycles. The van der Waals surface area contributed by atoms with Crippen molar-refractivity contribution >= 4 is 16.1 Å². The van der Waals surface area contributed by atoms with E-state index < -0.39 is 10.0 Å². The summed E-state index contributed by atoms with van der Waals surface area (Å²) < 4.78 is 29.3. The molecule has 1 aliphatic rings. The van der Waals surface area contributed by atoms with Crippen molar-refractivity contribution < 1.29 is 8.42 Å². The first-order chi connectivity index (χ1) is 14.1. The van der Waals surface area contributed by atoms with Crippen molar-refractivity contribution in [1.82, 2.24) is 19.5 Å². The third-order valence-electron chi connectivity index (χ3n) is 5.08. The Hall–Kier alpha value is -2.77. The standard InChI is InChI=1S/C22H24N4O2S/c27-29(28,15-13-18-8-2-1-3-9-18)24-17-19-16-22(21-12-6-7-14-23-21)26(25-19)20-10-4-5-11-20/h1-3,6-9,12-16,20,24H,4-5,10-11,17H2/b15-13+.